The van der Waals surface area contributed by atoms with E-state index in [1.54, 1.807) is 33.8 Å². The summed E-state index contributed by atoms with van der Waals surface area (Å²) in [5, 5.41) is 12.5. The Morgan fingerprint density at radius 3 is 2.31 bits per heavy atom. The van der Waals surface area contributed by atoms with Crippen LogP contribution in [0.3, 0.4) is 0 Å². The molecule has 2 N–H and O–H groups in total. The fourth-order valence-electron chi connectivity index (χ4n) is 2.79. The Bertz CT molecular complexity index is 935. The molecular weight excluding hydrogens is 414 g/mol. The second-order valence-electron chi connectivity index (χ2n) is 8.07. The minimum absolute atomic E-state index is 0.0134. The molecule has 0 unspecified atom stereocenters. The van der Waals surface area contributed by atoms with Crippen LogP contribution in [0.15, 0.2) is 48.5 Å². The molecular formula is C24H29NO7. The van der Waals surface area contributed by atoms with Gasteiger partial charge in [-0.2, -0.15) is 0 Å². The van der Waals surface area contributed by atoms with Crippen LogP contribution in [0, 0.1) is 0 Å². The Morgan fingerprint density at radius 1 is 1.00 bits per heavy atom. The van der Waals surface area contributed by atoms with Gasteiger partial charge in [-0.3, -0.25) is 0 Å². The van der Waals surface area contributed by atoms with E-state index in [0.29, 0.717) is 5.56 Å². The second-order valence-corrected chi connectivity index (χ2v) is 8.07. The van der Waals surface area contributed by atoms with E-state index in [-0.39, 0.29) is 30.9 Å². The van der Waals surface area contributed by atoms with Crippen molar-refractivity contribution in [3.8, 4) is 5.75 Å². The number of carbonyl (C=O) groups is 3. The van der Waals surface area contributed by atoms with Crippen molar-refractivity contribution in [2.24, 2.45) is 0 Å². The van der Waals surface area contributed by atoms with Crippen LogP contribution in [0.5, 0.6) is 5.75 Å². The number of aromatic hydroxyl groups is 1. The minimum Gasteiger partial charge on any atom is -0.507 e. The first kappa shape index (κ1) is 24.7. The van der Waals surface area contributed by atoms with E-state index in [1.807, 2.05) is 30.3 Å². The smallest absolute Gasteiger partial charge is 0.408 e. The first-order valence-corrected chi connectivity index (χ1v) is 10.3. The van der Waals surface area contributed by atoms with Crippen molar-refractivity contribution in [1.29, 1.82) is 0 Å². The molecule has 0 fully saturated rings. The Morgan fingerprint density at radius 2 is 1.69 bits per heavy atom. The van der Waals surface area contributed by atoms with Gasteiger partial charge in [0.15, 0.2) is 0 Å². The molecule has 0 spiro atoms. The van der Waals surface area contributed by atoms with Gasteiger partial charge in [0.2, 0.25) is 0 Å². The molecule has 8 nitrogen and oxygen atoms in total. The van der Waals surface area contributed by atoms with Crippen LogP contribution in [0.4, 0.5) is 4.79 Å². The molecule has 1 amide bonds. The van der Waals surface area contributed by atoms with E-state index in [0.717, 1.165) is 5.56 Å². The molecule has 0 aliphatic carbocycles. The van der Waals surface area contributed by atoms with Gasteiger partial charge in [-0.1, -0.05) is 36.4 Å². The van der Waals surface area contributed by atoms with Gasteiger partial charge in [0.05, 0.1) is 6.61 Å². The summed E-state index contributed by atoms with van der Waals surface area (Å²) in [6, 6.07) is 12.4. The monoisotopic (exact) mass is 443 g/mol. The maximum atomic E-state index is 12.8. The summed E-state index contributed by atoms with van der Waals surface area (Å²) in [7, 11) is 0. The number of amides is 1. The number of benzene rings is 2. The number of esters is 2. The van der Waals surface area contributed by atoms with E-state index in [9.17, 15) is 19.5 Å². The normalized spacial score (nSPS) is 11.9. The number of carbonyl (C=O) groups excluding carboxylic acids is 3. The molecule has 0 aliphatic heterocycles. The number of nitrogens with one attached hydrogen (secondary N) is 1. The highest BCUT2D eigenvalue weighted by Gasteiger charge is 2.27. The van der Waals surface area contributed by atoms with E-state index in [4.69, 9.17) is 14.2 Å². The molecule has 0 heterocycles. The van der Waals surface area contributed by atoms with E-state index < -0.39 is 29.7 Å². The van der Waals surface area contributed by atoms with Gasteiger partial charge >= 0.3 is 18.0 Å². The maximum absolute atomic E-state index is 12.8. The molecule has 32 heavy (non-hydrogen) atoms. The van der Waals surface area contributed by atoms with Crippen molar-refractivity contribution in [2.45, 2.75) is 52.4 Å². The van der Waals surface area contributed by atoms with Crippen molar-refractivity contribution in [1.82, 2.24) is 5.32 Å². The highest BCUT2D eigenvalue weighted by molar-refractivity contribution is 5.92. The van der Waals surface area contributed by atoms with Gasteiger partial charge in [-0.15, -0.1) is 0 Å². The first-order chi connectivity index (χ1) is 15.1. The third kappa shape index (κ3) is 7.94. The van der Waals surface area contributed by atoms with Crippen molar-refractivity contribution < 1.29 is 33.7 Å². The van der Waals surface area contributed by atoms with Crippen LogP contribution in [0.1, 0.15) is 49.2 Å². The molecule has 172 valence electrons. The van der Waals surface area contributed by atoms with Crippen molar-refractivity contribution in [3.05, 3.63) is 65.2 Å². The van der Waals surface area contributed by atoms with Crippen LogP contribution in [0.2, 0.25) is 0 Å². The van der Waals surface area contributed by atoms with E-state index in [2.05, 4.69) is 5.32 Å². The molecule has 1 atom stereocenters. The number of rotatable bonds is 8. The molecule has 0 bridgehead atoms. The van der Waals surface area contributed by atoms with Crippen LogP contribution in [-0.4, -0.2) is 41.4 Å². The van der Waals surface area contributed by atoms with Gasteiger partial charge in [-0.05, 0) is 51.0 Å². The SMILES string of the molecule is CCOC(=O)c1cc(C[C@H](NC(=O)OC(C)(C)C)C(=O)OCc2ccccc2)ccc1O. The molecule has 8 heteroatoms. The van der Waals surface area contributed by atoms with Crippen LogP contribution < -0.4 is 5.32 Å². The molecule has 2 rings (SSSR count). The van der Waals surface area contributed by atoms with Gasteiger partial charge in [-0.25, -0.2) is 14.4 Å². The van der Waals surface area contributed by atoms with Crippen molar-refractivity contribution in [3.63, 3.8) is 0 Å². The molecule has 0 aliphatic rings. The van der Waals surface area contributed by atoms with Crippen LogP contribution in [0.25, 0.3) is 0 Å². The summed E-state index contributed by atoms with van der Waals surface area (Å²) in [6.45, 7) is 6.97. The standard InChI is InChI=1S/C24H29NO7/c1-5-30-21(27)18-13-17(11-12-20(18)26)14-19(25-23(29)32-24(2,3)4)22(28)31-15-16-9-7-6-8-10-16/h6-13,19,26H,5,14-15H2,1-4H3,(H,25,29)/t19-/m0/s1. The van der Waals surface area contributed by atoms with Gasteiger partial charge in [0.25, 0.3) is 0 Å². The van der Waals surface area contributed by atoms with Crippen LogP contribution in [-0.2, 0) is 32.0 Å². The zero-order valence-corrected chi connectivity index (χ0v) is 18.7. The minimum atomic E-state index is -1.08. The Balaban J connectivity index is 2.19. The lowest BCUT2D eigenvalue weighted by molar-refractivity contribution is -0.147. The number of alkyl carbamates (subject to hydrolysis) is 1. The van der Waals surface area contributed by atoms with Gasteiger partial charge in [0.1, 0.15) is 29.6 Å². The number of phenols is 1. The predicted octanol–water partition coefficient (Wildman–Crippen LogP) is 3.75. The van der Waals surface area contributed by atoms with Gasteiger partial charge < -0.3 is 24.6 Å². The van der Waals surface area contributed by atoms with Crippen molar-refractivity contribution >= 4 is 18.0 Å². The topological polar surface area (TPSA) is 111 Å². The van der Waals surface area contributed by atoms with E-state index >= 15 is 0 Å². The zero-order valence-electron chi connectivity index (χ0n) is 18.7. The predicted molar refractivity (Wildman–Crippen MR) is 117 cm³/mol. The van der Waals surface area contributed by atoms with Gasteiger partial charge in [0, 0.05) is 6.42 Å². The lowest BCUT2D eigenvalue weighted by Crippen LogP contribution is -2.45. The molecule has 0 aromatic heterocycles. The summed E-state index contributed by atoms with van der Waals surface area (Å²) < 4.78 is 15.6. The molecule has 2 aromatic carbocycles. The number of hydrogen-bond acceptors (Lipinski definition) is 7. The number of hydrogen-bond donors (Lipinski definition) is 2. The highest BCUT2D eigenvalue weighted by Crippen LogP contribution is 2.21. The Hall–Kier alpha value is -3.55. The molecule has 0 saturated carbocycles. The second kappa shape index (κ2) is 11.2. The summed E-state index contributed by atoms with van der Waals surface area (Å²) in [5.41, 5.74) is 0.533. The first-order valence-electron chi connectivity index (χ1n) is 10.3. The third-order valence-corrected chi connectivity index (χ3v) is 4.20. The lowest BCUT2D eigenvalue weighted by Gasteiger charge is -2.23. The summed E-state index contributed by atoms with van der Waals surface area (Å²) in [6.07, 6.45) is -0.761. The Labute approximate surface area is 187 Å². The Kier molecular flexibility index (Phi) is 8.63. The van der Waals surface area contributed by atoms with Crippen molar-refractivity contribution in [2.75, 3.05) is 6.61 Å². The van der Waals surface area contributed by atoms with E-state index in [1.165, 1.54) is 12.1 Å². The summed E-state index contributed by atoms with van der Waals surface area (Å²) >= 11 is 0. The maximum Gasteiger partial charge on any atom is 0.408 e. The fourth-order valence-corrected chi connectivity index (χ4v) is 2.79. The lowest BCUT2D eigenvalue weighted by atomic mass is 10.0. The average molecular weight is 443 g/mol. The molecule has 2 aromatic rings. The van der Waals surface area contributed by atoms with Crippen LogP contribution >= 0.6 is 0 Å². The highest BCUT2D eigenvalue weighted by atomic mass is 16.6. The zero-order chi connectivity index (χ0) is 23.7. The number of phenolic OH excluding ortho intramolecular Hbond substituents is 1. The number of ether oxygens (including phenoxy) is 3. The molecule has 0 saturated heterocycles. The largest absolute Gasteiger partial charge is 0.507 e. The average Bonchev–Trinajstić information content (AvgIpc) is 2.72. The summed E-state index contributed by atoms with van der Waals surface area (Å²) in [5.74, 6) is -1.59. The molecule has 0 radical (unpaired) electrons. The summed E-state index contributed by atoms with van der Waals surface area (Å²) in [4.78, 5) is 37.1. The quantitative estimate of drug-likeness (QED) is 0.472. The third-order valence-electron chi connectivity index (χ3n) is 4.20. The fraction of sp³-hybridized carbons (Fsp3) is 0.375.